The number of ether oxygens (including phenoxy) is 1. The molecular formula is C20H19ClN2O3. The largest absolute Gasteiger partial charge is 0.483 e. The third kappa shape index (κ3) is 4.24. The summed E-state index contributed by atoms with van der Waals surface area (Å²) in [5.74, 6) is -0.0507. The topological polar surface area (TPSA) is 71.2 Å². The molecule has 0 atom stereocenters. The molecule has 26 heavy (non-hydrogen) atoms. The van der Waals surface area contributed by atoms with Crippen LogP contribution in [-0.4, -0.2) is 29.8 Å². The lowest BCUT2D eigenvalue weighted by atomic mass is 10.1. The van der Waals surface area contributed by atoms with E-state index in [1.807, 2.05) is 24.4 Å². The molecule has 0 bridgehead atoms. The Morgan fingerprint density at radius 1 is 1.19 bits per heavy atom. The van der Waals surface area contributed by atoms with Gasteiger partial charge in [0, 0.05) is 28.7 Å². The number of aromatic nitrogens is 1. The minimum Gasteiger partial charge on any atom is -0.483 e. The predicted molar refractivity (Wildman–Crippen MR) is 102 cm³/mol. The number of para-hydroxylation sites is 1. The lowest BCUT2D eigenvalue weighted by molar-refractivity contribution is -0.123. The summed E-state index contributed by atoms with van der Waals surface area (Å²) in [5, 5.41) is 4.43. The quantitative estimate of drug-likeness (QED) is 0.622. The van der Waals surface area contributed by atoms with Crippen LogP contribution in [0.1, 0.15) is 22.8 Å². The Kier molecular flexibility index (Phi) is 5.58. The van der Waals surface area contributed by atoms with Crippen molar-refractivity contribution < 1.29 is 14.3 Å². The highest BCUT2D eigenvalue weighted by Gasteiger charge is 2.11. The van der Waals surface area contributed by atoms with E-state index in [1.165, 1.54) is 13.0 Å². The maximum Gasteiger partial charge on any atom is 0.257 e. The smallest absolute Gasteiger partial charge is 0.257 e. The fourth-order valence-electron chi connectivity index (χ4n) is 2.77. The van der Waals surface area contributed by atoms with Gasteiger partial charge < -0.3 is 15.0 Å². The van der Waals surface area contributed by atoms with Crippen LogP contribution >= 0.6 is 11.6 Å². The van der Waals surface area contributed by atoms with Crippen LogP contribution in [0, 0.1) is 0 Å². The Morgan fingerprint density at radius 2 is 2.00 bits per heavy atom. The van der Waals surface area contributed by atoms with E-state index < -0.39 is 0 Å². The van der Waals surface area contributed by atoms with Crippen LogP contribution in [0.15, 0.2) is 48.7 Å². The average Bonchev–Trinajstić information content (AvgIpc) is 3.04. The van der Waals surface area contributed by atoms with Crippen molar-refractivity contribution >= 4 is 34.2 Å². The monoisotopic (exact) mass is 370 g/mol. The minimum atomic E-state index is -0.241. The molecule has 0 aliphatic rings. The second-order valence-electron chi connectivity index (χ2n) is 5.94. The number of rotatable bonds is 7. The molecule has 0 saturated carbocycles. The summed E-state index contributed by atoms with van der Waals surface area (Å²) < 4.78 is 5.48. The number of aromatic amines is 1. The first-order valence-electron chi connectivity index (χ1n) is 8.29. The Bertz CT molecular complexity index is 949. The highest BCUT2D eigenvalue weighted by atomic mass is 35.5. The van der Waals surface area contributed by atoms with Crippen LogP contribution < -0.4 is 10.1 Å². The Balaban J connectivity index is 1.51. The number of fused-ring (bicyclic) bond motifs is 1. The zero-order valence-electron chi connectivity index (χ0n) is 14.3. The predicted octanol–water partition coefficient (Wildman–Crippen LogP) is 3.76. The standard InChI is InChI=1S/C20H19ClN2O3/c1-13(24)17-10-15(21)6-7-19(17)26-12-20(25)22-9-8-14-11-23-18-5-3-2-4-16(14)18/h2-7,10-11,23H,8-9,12H2,1H3,(H,22,25). The molecule has 0 radical (unpaired) electrons. The summed E-state index contributed by atoms with van der Waals surface area (Å²) in [6.07, 6.45) is 2.68. The molecule has 6 heteroatoms. The van der Waals surface area contributed by atoms with Crippen molar-refractivity contribution in [3.63, 3.8) is 0 Å². The van der Waals surface area contributed by atoms with E-state index in [9.17, 15) is 9.59 Å². The lowest BCUT2D eigenvalue weighted by Gasteiger charge is -2.10. The number of amides is 1. The molecule has 3 aromatic rings. The number of nitrogens with one attached hydrogen (secondary N) is 2. The molecule has 0 unspecified atom stereocenters. The third-order valence-corrected chi connectivity index (χ3v) is 4.31. The zero-order valence-corrected chi connectivity index (χ0v) is 15.1. The number of H-pyrrole nitrogens is 1. The fourth-order valence-corrected chi connectivity index (χ4v) is 2.94. The molecule has 3 rings (SSSR count). The summed E-state index contributed by atoms with van der Waals surface area (Å²) >= 11 is 5.89. The maximum absolute atomic E-state index is 12.0. The molecule has 1 aromatic heterocycles. The van der Waals surface area contributed by atoms with Crippen molar-refractivity contribution in [3.05, 3.63) is 64.8 Å². The Labute approximate surface area is 156 Å². The Morgan fingerprint density at radius 3 is 2.81 bits per heavy atom. The summed E-state index contributed by atoms with van der Waals surface area (Å²) in [6, 6.07) is 12.8. The third-order valence-electron chi connectivity index (χ3n) is 4.07. The molecule has 0 aliphatic heterocycles. The van der Waals surface area contributed by atoms with Gasteiger partial charge in [0.05, 0.1) is 5.56 Å². The molecular weight excluding hydrogens is 352 g/mol. The molecule has 0 saturated heterocycles. The highest BCUT2D eigenvalue weighted by molar-refractivity contribution is 6.31. The number of hydrogen-bond acceptors (Lipinski definition) is 3. The fraction of sp³-hybridized carbons (Fsp3) is 0.200. The van der Waals surface area contributed by atoms with Gasteiger partial charge in [-0.25, -0.2) is 0 Å². The number of benzene rings is 2. The summed E-state index contributed by atoms with van der Waals surface area (Å²) in [5.41, 5.74) is 2.60. The first-order chi connectivity index (χ1) is 12.5. The van der Waals surface area contributed by atoms with Crippen molar-refractivity contribution in [3.8, 4) is 5.75 Å². The average molecular weight is 371 g/mol. The summed E-state index contributed by atoms with van der Waals surface area (Å²) in [6.45, 7) is 1.78. The molecule has 2 N–H and O–H groups in total. The zero-order chi connectivity index (χ0) is 18.5. The summed E-state index contributed by atoms with van der Waals surface area (Å²) in [4.78, 5) is 26.8. The van der Waals surface area contributed by atoms with E-state index in [4.69, 9.17) is 16.3 Å². The van der Waals surface area contributed by atoms with E-state index in [-0.39, 0.29) is 18.3 Å². The molecule has 1 heterocycles. The van der Waals surface area contributed by atoms with Crippen molar-refractivity contribution in [2.75, 3.05) is 13.2 Å². The van der Waals surface area contributed by atoms with Crippen molar-refractivity contribution in [1.82, 2.24) is 10.3 Å². The van der Waals surface area contributed by atoms with Crippen LogP contribution in [0.2, 0.25) is 5.02 Å². The van der Waals surface area contributed by atoms with Crippen molar-refractivity contribution in [2.45, 2.75) is 13.3 Å². The van der Waals surface area contributed by atoms with Gasteiger partial charge in [0.15, 0.2) is 12.4 Å². The molecule has 0 aliphatic carbocycles. The van der Waals surface area contributed by atoms with Gasteiger partial charge in [-0.3, -0.25) is 9.59 Å². The summed E-state index contributed by atoms with van der Waals surface area (Å²) in [7, 11) is 0. The molecule has 134 valence electrons. The number of hydrogen-bond donors (Lipinski definition) is 2. The van der Waals surface area contributed by atoms with Crippen LogP contribution in [0.25, 0.3) is 10.9 Å². The molecule has 5 nitrogen and oxygen atoms in total. The van der Waals surface area contributed by atoms with Crippen molar-refractivity contribution in [2.24, 2.45) is 0 Å². The van der Waals surface area contributed by atoms with Gasteiger partial charge in [0.1, 0.15) is 5.75 Å². The van der Waals surface area contributed by atoms with Gasteiger partial charge in [0.2, 0.25) is 0 Å². The molecule has 0 fully saturated rings. The Hall–Kier alpha value is -2.79. The first kappa shape index (κ1) is 18.0. The molecule has 0 spiro atoms. The van der Waals surface area contributed by atoms with Gasteiger partial charge in [0.25, 0.3) is 5.91 Å². The van der Waals surface area contributed by atoms with Gasteiger partial charge >= 0.3 is 0 Å². The van der Waals surface area contributed by atoms with E-state index in [2.05, 4.69) is 16.4 Å². The van der Waals surface area contributed by atoms with E-state index in [0.29, 0.717) is 22.9 Å². The van der Waals surface area contributed by atoms with Crippen LogP contribution in [0.3, 0.4) is 0 Å². The number of Topliss-reactive ketones (excluding diaryl/α,β-unsaturated/α-hetero) is 1. The lowest BCUT2D eigenvalue weighted by Crippen LogP contribution is -2.30. The minimum absolute atomic E-state index is 0.157. The van der Waals surface area contributed by atoms with Crippen LogP contribution in [0.5, 0.6) is 5.75 Å². The molecule has 2 aromatic carbocycles. The number of halogens is 1. The van der Waals surface area contributed by atoms with E-state index >= 15 is 0 Å². The van der Waals surface area contributed by atoms with Gasteiger partial charge in [-0.05, 0) is 43.2 Å². The SMILES string of the molecule is CC(=O)c1cc(Cl)ccc1OCC(=O)NCCc1c[nH]c2ccccc12. The highest BCUT2D eigenvalue weighted by Crippen LogP contribution is 2.23. The number of ketones is 1. The van der Waals surface area contributed by atoms with E-state index in [1.54, 1.807) is 12.1 Å². The normalized spacial score (nSPS) is 10.7. The van der Waals surface area contributed by atoms with Crippen LogP contribution in [-0.2, 0) is 11.2 Å². The van der Waals surface area contributed by atoms with Gasteiger partial charge in [-0.1, -0.05) is 29.8 Å². The second-order valence-corrected chi connectivity index (χ2v) is 6.38. The van der Waals surface area contributed by atoms with Crippen LogP contribution in [0.4, 0.5) is 0 Å². The van der Waals surface area contributed by atoms with E-state index in [0.717, 1.165) is 22.9 Å². The second kappa shape index (κ2) is 8.06. The first-order valence-corrected chi connectivity index (χ1v) is 8.67. The van der Waals surface area contributed by atoms with Gasteiger partial charge in [-0.2, -0.15) is 0 Å². The molecule has 1 amide bonds. The number of carbonyl (C=O) groups excluding carboxylic acids is 2. The van der Waals surface area contributed by atoms with Gasteiger partial charge in [-0.15, -0.1) is 0 Å². The number of carbonyl (C=O) groups is 2. The van der Waals surface area contributed by atoms with Crippen molar-refractivity contribution in [1.29, 1.82) is 0 Å². The maximum atomic E-state index is 12.0.